The summed E-state index contributed by atoms with van der Waals surface area (Å²) in [6.07, 6.45) is 4.57. The largest absolute Gasteiger partial charge is 0.477 e. The number of pyridine rings is 1. The first-order valence-corrected chi connectivity index (χ1v) is 10.7. The van der Waals surface area contributed by atoms with E-state index < -0.39 is 28.6 Å². The summed E-state index contributed by atoms with van der Waals surface area (Å²) in [5.41, 5.74) is 6.27. The molecule has 2 aromatic carbocycles. The van der Waals surface area contributed by atoms with Crippen LogP contribution in [0.4, 0.5) is 14.5 Å². The van der Waals surface area contributed by atoms with Crippen LogP contribution in [0.15, 0.2) is 41.3 Å². The van der Waals surface area contributed by atoms with E-state index >= 15 is 4.39 Å². The highest BCUT2D eigenvalue weighted by Crippen LogP contribution is 2.40. The maximum atomic E-state index is 15.3. The molecule has 3 aromatic rings. The Balaban J connectivity index is 1.99. The minimum absolute atomic E-state index is 0.112. The number of fused-ring (bicyclic) bond motifs is 1. The predicted molar refractivity (Wildman–Crippen MR) is 120 cm³/mol. The van der Waals surface area contributed by atoms with Gasteiger partial charge in [-0.2, -0.15) is 0 Å². The lowest BCUT2D eigenvalue weighted by atomic mass is 9.80. The van der Waals surface area contributed by atoms with E-state index in [0.717, 1.165) is 31.9 Å². The summed E-state index contributed by atoms with van der Waals surface area (Å²) in [6.45, 7) is 2.84. The molecule has 0 radical (unpaired) electrons. The van der Waals surface area contributed by atoms with E-state index in [1.807, 2.05) is 6.92 Å². The Bertz CT molecular complexity index is 1240. The second kappa shape index (κ2) is 8.70. The van der Waals surface area contributed by atoms with Crippen molar-refractivity contribution >= 4 is 22.6 Å². The van der Waals surface area contributed by atoms with Gasteiger partial charge in [0.05, 0.1) is 16.6 Å². The standard InChI is InChI=1S/C24H25F2N3O3/c1-2-28-15-5-3-4-13(10-15)20-19(26)11-17-22(21(20)27)29(12-18(23(17)30)24(31)32)16-8-6-14(25)7-9-16/h6-9,11-13,15,28H,2-5,10,27H2,1H3,(H,31,32). The number of aromatic nitrogens is 1. The van der Waals surface area contributed by atoms with Gasteiger partial charge in [0.2, 0.25) is 5.43 Å². The molecule has 1 fully saturated rings. The molecule has 0 spiro atoms. The molecule has 1 aromatic heterocycles. The van der Waals surface area contributed by atoms with Crippen molar-refractivity contribution in [3.8, 4) is 5.69 Å². The zero-order valence-electron chi connectivity index (χ0n) is 17.7. The van der Waals surface area contributed by atoms with Crippen molar-refractivity contribution in [1.29, 1.82) is 0 Å². The third-order valence-corrected chi connectivity index (χ3v) is 6.23. The topological polar surface area (TPSA) is 97.4 Å². The maximum Gasteiger partial charge on any atom is 0.341 e. The molecule has 0 bridgehead atoms. The summed E-state index contributed by atoms with van der Waals surface area (Å²) in [7, 11) is 0. The molecule has 0 aliphatic heterocycles. The predicted octanol–water partition coefficient (Wildman–Crippen LogP) is 4.19. The van der Waals surface area contributed by atoms with Gasteiger partial charge in [-0.3, -0.25) is 4.79 Å². The van der Waals surface area contributed by atoms with Crippen LogP contribution >= 0.6 is 0 Å². The summed E-state index contributed by atoms with van der Waals surface area (Å²) in [5.74, 6) is -2.64. The normalized spacial score (nSPS) is 18.7. The zero-order valence-corrected chi connectivity index (χ0v) is 17.7. The van der Waals surface area contributed by atoms with Crippen molar-refractivity contribution in [2.75, 3.05) is 12.3 Å². The molecule has 4 rings (SSSR count). The average molecular weight is 441 g/mol. The average Bonchev–Trinajstić information content (AvgIpc) is 2.75. The first-order valence-electron chi connectivity index (χ1n) is 10.7. The number of rotatable bonds is 5. The number of anilines is 1. The number of nitrogens with two attached hydrogens (primary N) is 1. The number of nitrogen functional groups attached to an aromatic ring is 1. The number of carbonyl (C=O) groups is 1. The number of hydrogen-bond acceptors (Lipinski definition) is 4. The summed E-state index contributed by atoms with van der Waals surface area (Å²) < 4.78 is 30.3. The number of carboxylic acids is 1. The first-order chi connectivity index (χ1) is 15.3. The number of benzene rings is 2. The van der Waals surface area contributed by atoms with E-state index in [4.69, 9.17) is 5.73 Å². The molecule has 0 amide bonds. The molecule has 1 aliphatic carbocycles. The highest BCUT2D eigenvalue weighted by Gasteiger charge is 2.29. The lowest BCUT2D eigenvalue weighted by molar-refractivity contribution is 0.0695. The van der Waals surface area contributed by atoms with Crippen molar-refractivity contribution in [1.82, 2.24) is 9.88 Å². The summed E-state index contributed by atoms with van der Waals surface area (Å²) in [6, 6.07) is 6.70. The van der Waals surface area contributed by atoms with Crippen molar-refractivity contribution in [2.24, 2.45) is 0 Å². The van der Waals surface area contributed by atoms with E-state index in [2.05, 4.69) is 5.32 Å². The Morgan fingerprint density at radius 3 is 2.62 bits per heavy atom. The summed E-state index contributed by atoms with van der Waals surface area (Å²) in [4.78, 5) is 24.5. The van der Waals surface area contributed by atoms with Crippen LogP contribution in [0, 0.1) is 11.6 Å². The summed E-state index contributed by atoms with van der Waals surface area (Å²) in [5, 5.41) is 12.8. The molecule has 1 heterocycles. The number of halogens is 2. The molecule has 4 N–H and O–H groups in total. The summed E-state index contributed by atoms with van der Waals surface area (Å²) >= 11 is 0. The SMILES string of the molecule is CCNC1CCCC(c2c(F)cc3c(=O)c(C(=O)O)cn(-c4ccc(F)cc4)c3c2N)C1. The molecule has 2 atom stereocenters. The van der Waals surface area contributed by atoms with Crippen LogP contribution in [0.2, 0.25) is 0 Å². The van der Waals surface area contributed by atoms with Crippen LogP contribution in [0.3, 0.4) is 0 Å². The quantitative estimate of drug-likeness (QED) is 0.516. The fourth-order valence-electron chi connectivity index (χ4n) is 4.80. The van der Waals surface area contributed by atoms with Crippen LogP contribution in [-0.4, -0.2) is 28.2 Å². The van der Waals surface area contributed by atoms with E-state index in [1.165, 1.54) is 35.0 Å². The van der Waals surface area contributed by atoms with Gasteiger partial charge in [0.25, 0.3) is 0 Å². The van der Waals surface area contributed by atoms with E-state index in [9.17, 15) is 19.1 Å². The molecule has 1 saturated carbocycles. The van der Waals surface area contributed by atoms with E-state index in [1.54, 1.807) is 0 Å². The van der Waals surface area contributed by atoms with Gasteiger partial charge in [-0.05, 0) is 62.1 Å². The molecule has 0 saturated heterocycles. The molecular formula is C24H25F2N3O3. The van der Waals surface area contributed by atoms with Crippen LogP contribution in [-0.2, 0) is 0 Å². The van der Waals surface area contributed by atoms with Crippen molar-refractivity contribution in [2.45, 2.75) is 44.6 Å². The van der Waals surface area contributed by atoms with E-state index in [0.29, 0.717) is 17.7 Å². The molecule has 168 valence electrons. The first kappa shape index (κ1) is 22.0. The smallest absolute Gasteiger partial charge is 0.341 e. The van der Waals surface area contributed by atoms with Gasteiger partial charge in [0.15, 0.2) is 0 Å². The Kier molecular flexibility index (Phi) is 5.97. The fraction of sp³-hybridized carbons (Fsp3) is 0.333. The van der Waals surface area contributed by atoms with Gasteiger partial charge in [0, 0.05) is 23.5 Å². The van der Waals surface area contributed by atoms with Crippen LogP contribution < -0.4 is 16.5 Å². The highest BCUT2D eigenvalue weighted by molar-refractivity contribution is 5.98. The fourth-order valence-corrected chi connectivity index (χ4v) is 4.80. The Morgan fingerprint density at radius 2 is 1.97 bits per heavy atom. The molecule has 6 nitrogen and oxygen atoms in total. The number of hydrogen-bond donors (Lipinski definition) is 3. The van der Waals surface area contributed by atoms with Crippen molar-refractivity contribution < 1.29 is 18.7 Å². The van der Waals surface area contributed by atoms with Gasteiger partial charge in [-0.1, -0.05) is 13.3 Å². The molecule has 8 heteroatoms. The Labute approximate surface area is 183 Å². The number of nitrogens with one attached hydrogen (secondary N) is 1. The molecular weight excluding hydrogens is 416 g/mol. The number of nitrogens with zero attached hydrogens (tertiary/aromatic N) is 1. The highest BCUT2D eigenvalue weighted by atomic mass is 19.1. The van der Waals surface area contributed by atoms with Gasteiger partial charge < -0.3 is 20.7 Å². The van der Waals surface area contributed by atoms with Gasteiger partial charge >= 0.3 is 5.97 Å². The van der Waals surface area contributed by atoms with Crippen molar-refractivity contribution in [3.63, 3.8) is 0 Å². The molecule has 32 heavy (non-hydrogen) atoms. The minimum Gasteiger partial charge on any atom is -0.477 e. The maximum absolute atomic E-state index is 15.3. The minimum atomic E-state index is -1.43. The second-order valence-corrected chi connectivity index (χ2v) is 8.22. The van der Waals surface area contributed by atoms with Crippen LogP contribution in [0.25, 0.3) is 16.6 Å². The third kappa shape index (κ3) is 3.86. The lowest BCUT2D eigenvalue weighted by Crippen LogP contribution is -2.33. The third-order valence-electron chi connectivity index (χ3n) is 6.23. The zero-order chi connectivity index (χ0) is 23.0. The Hall–Kier alpha value is -3.26. The van der Waals surface area contributed by atoms with Gasteiger partial charge in [-0.15, -0.1) is 0 Å². The lowest BCUT2D eigenvalue weighted by Gasteiger charge is -2.31. The van der Waals surface area contributed by atoms with Gasteiger partial charge in [-0.25, -0.2) is 13.6 Å². The van der Waals surface area contributed by atoms with Gasteiger partial charge in [0.1, 0.15) is 17.2 Å². The molecule has 1 aliphatic rings. The van der Waals surface area contributed by atoms with E-state index in [-0.39, 0.29) is 28.6 Å². The van der Waals surface area contributed by atoms with Crippen LogP contribution in [0.1, 0.15) is 54.4 Å². The van der Waals surface area contributed by atoms with Crippen molar-refractivity contribution in [3.05, 3.63) is 69.5 Å². The second-order valence-electron chi connectivity index (χ2n) is 8.22. The molecule has 2 unspecified atom stereocenters. The van der Waals surface area contributed by atoms with Crippen LogP contribution in [0.5, 0.6) is 0 Å². The number of carboxylic acid groups (broad SMARTS) is 1. The number of aromatic carboxylic acids is 1. The monoisotopic (exact) mass is 441 g/mol. The Morgan fingerprint density at radius 1 is 1.25 bits per heavy atom.